The molecule has 0 radical (unpaired) electrons. The molecule has 0 heterocycles. The minimum atomic E-state index is 0.869. The van der Waals surface area contributed by atoms with Crippen LogP contribution < -0.4 is 0 Å². The zero-order valence-electron chi connectivity index (χ0n) is 12.8. The van der Waals surface area contributed by atoms with Gasteiger partial charge in [0.25, 0.3) is 0 Å². The van der Waals surface area contributed by atoms with E-state index in [1.807, 2.05) is 13.8 Å². The van der Waals surface area contributed by atoms with Gasteiger partial charge in [0, 0.05) is 13.6 Å². The van der Waals surface area contributed by atoms with Crippen molar-refractivity contribution >= 4 is 17.7 Å². The van der Waals surface area contributed by atoms with Gasteiger partial charge in [0.1, 0.15) is 0 Å². The van der Waals surface area contributed by atoms with Crippen LogP contribution >= 0.6 is 12.2 Å². The van der Waals surface area contributed by atoms with Gasteiger partial charge in [-0.1, -0.05) is 72.5 Å². The van der Waals surface area contributed by atoms with Crippen molar-refractivity contribution in [2.24, 2.45) is 11.8 Å². The van der Waals surface area contributed by atoms with Crippen LogP contribution in [-0.4, -0.2) is 24.0 Å². The average Bonchev–Trinajstić information content (AvgIpc) is 2.36. The van der Waals surface area contributed by atoms with Crippen LogP contribution in [0.5, 0.6) is 0 Å². The maximum atomic E-state index is 4.91. The van der Waals surface area contributed by atoms with E-state index in [-0.39, 0.29) is 0 Å². The Labute approximate surface area is 115 Å². The molecule has 104 valence electrons. The lowest BCUT2D eigenvalue weighted by Crippen LogP contribution is -2.22. The lowest BCUT2D eigenvalue weighted by atomic mass is 9.84. The molecule has 17 heavy (non-hydrogen) atoms. The average molecular weight is 260 g/mol. The van der Waals surface area contributed by atoms with E-state index in [9.17, 15) is 0 Å². The molecule has 0 rings (SSSR count). The monoisotopic (exact) mass is 259 g/mol. The van der Waals surface area contributed by atoms with Gasteiger partial charge < -0.3 is 4.90 Å². The smallest absolute Gasteiger partial charge is 0.0638 e. The molecule has 2 unspecified atom stereocenters. The first-order valence-electron chi connectivity index (χ1n) is 7.31. The van der Waals surface area contributed by atoms with Gasteiger partial charge in [-0.2, -0.15) is 0 Å². The molecule has 0 bridgehead atoms. The topological polar surface area (TPSA) is 3.24 Å². The van der Waals surface area contributed by atoms with E-state index in [0.717, 1.165) is 18.4 Å². The molecule has 0 fully saturated rings. The third-order valence-electron chi connectivity index (χ3n) is 3.24. The van der Waals surface area contributed by atoms with Crippen molar-refractivity contribution in [3.05, 3.63) is 0 Å². The Hall–Kier alpha value is -0.110. The van der Waals surface area contributed by atoms with Crippen molar-refractivity contribution in [3.8, 4) is 0 Å². The van der Waals surface area contributed by atoms with Gasteiger partial charge in [0.15, 0.2) is 0 Å². The number of thiocarbonyl (C=S) groups is 1. The van der Waals surface area contributed by atoms with Crippen LogP contribution in [0, 0.1) is 11.8 Å². The van der Waals surface area contributed by atoms with Gasteiger partial charge in [0.2, 0.25) is 0 Å². The van der Waals surface area contributed by atoms with Gasteiger partial charge in [-0.15, -0.1) is 0 Å². The summed E-state index contributed by atoms with van der Waals surface area (Å²) in [4.78, 5) is 2.12. The summed E-state index contributed by atoms with van der Waals surface area (Å²) in [5.74, 6) is 1.75. The van der Waals surface area contributed by atoms with Gasteiger partial charge >= 0.3 is 0 Å². The van der Waals surface area contributed by atoms with Crippen LogP contribution in [0.1, 0.15) is 66.7 Å². The second kappa shape index (κ2) is 14.0. The van der Waals surface area contributed by atoms with E-state index in [0.29, 0.717) is 0 Å². The summed E-state index contributed by atoms with van der Waals surface area (Å²) < 4.78 is 0. The summed E-state index contributed by atoms with van der Waals surface area (Å²) >= 11 is 4.91. The molecule has 2 heteroatoms. The quantitative estimate of drug-likeness (QED) is 0.527. The summed E-state index contributed by atoms with van der Waals surface area (Å²) in [5.41, 5.74) is 1.76. The second-order valence-electron chi connectivity index (χ2n) is 4.69. The van der Waals surface area contributed by atoms with Gasteiger partial charge in [0.05, 0.1) is 5.49 Å². The van der Waals surface area contributed by atoms with E-state index in [4.69, 9.17) is 12.2 Å². The summed E-state index contributed by atoms with van der Waals surface area (Å²) in [7, 11) is 2.07. The number of hydrogen-bond donors (Lipinski definition) is 0. The highest BCUT2D eigenvalue weighted by Crippen LogP contribution is 2.25. The third-order valence-corrected chi connectivity index (χ3v) is 3.60. The molecule has 0 spiro atoms. The Bertz CT molecular complexity index is 159. The fraction of sp³-hybridized carbons (Fsp3) is 0.933. The number of hydrogen-bond acceptors (Lipinski definition) is 1. The predicted molar refractivity (Wildman–Crippen MR) is 84.7 cm³/mol. The van der Waals surface area contributed by atoms with E-state index in [1.54, 1.807) is 5.49 Å². The Morgan fingerprint density at radius 3 is 2.00 bits per heavy atom. The van der Waals surface area contributed by atoms with E-state index < -0.39 is 0 Å². The van der Waals surface area contributed by atoms with Gasteiger partial charge in [-0.3, -0.25) is 0 Å². The van der Waals surface area contributed by atoms with Crippen LogP contribution in [0.3, 0.4) is 0 Å². The molecule has 0 saturated carbocycles. The molecule has 0 aromatic rings. The molecule has 1 nitrogen and oxygen atoms in total. The first-order chi connectivity index (χ1) is 8.15. The van der Waals surface area contributed by atoms with Crippen LogP contribution in [0.4, 0.5) is 0 Å². The van der Waals surface area contributed by atoms with Gasteiger partial charge in [-0.25, -0.2) is 0 Å². The largest absolute Gasteiger partial charge is 0.372 e. The molecule has 0 aliphatic carbocycles. The number of rotatable bonds is 9. The molecular weight excluding hydrogens is 226 g/mol. The van der Waals surface area contributed by atoms with Crippen molar-refractivity contribution < 1.29 is 0 Å². The molecule has 0 aliphatic heterocycles. The Morgan fingerprint density at radius 1 is 1.06 bits per heavy atom. The van der Waals surface area contributed by atoms with Gasteiger partial charge in [-0.05, 0) is 18.3 Å². The van der Waals surface area contributed by atoms with Crippen molar-refractivity contribution in [2.45, 2.75) is 66.7 Å². The zero-order valence-corrected chi connectivity index (χ0v) is 13.6. The predicted octanol–water partition coefficient (Wildman–Crippen LogP) is 5.14. The summed E-state index contributed by atoms with van der Waals surface area (Å²) in [5, 5.41) is 0. The molecule has 0 aliphatic rings. The molecule has 0 aromatic heterocycles. The molecular formula is C15H33NS. The summed E-state index contributed by atoms with van der Waals surface area (Å²) in [6.07, 6.45) is 6.64. The second-order valence-corrected chi connectivity index (χ2v) is 4.90. The lowest BCUT2D eigenvalue weighted by Gasteiger charge is -2.25. The molecule has 0 amide bonds. The minimum Gasteiger partial charge on any atom is -0.372 e. The SMILES string of the molecule is CC.CCCC(C)C(CCC)CCN(C)C=S. The third kappa shape index (κ3) is 10.7. The molecule has 0 saturated heterocycles. The first kappa shape index (κ1) is 19.2. The lowest BCUT2D eigenvalue weighted by molar-refractivity contribution is 0.276. The summed E-state index contributed by atoms with van der Waals surface area (Å²) in [6, 6.07) is 0. The van der Waals surface area contributed by atoms with Crippen LogP contribution in [0.25, 0.3) is 0 Å². The highest BCUT2D eigenvalue weighted by Gasteiger charge is 2.15. The molecule has 0 N–H and O–H groups in total. The Balaban J connectivity index is 0. The standard InChI is InChI=1S/C13H27NS.C2H6/c1-5-7-12(3)13(8-6-2)9-10-14(4)11-15;1-2/h11-13H,5-10H2,1-4H3;1-2H3. The van der Waals surface area contributed by atoms with Crippen molar-refractivity contribution in [2.75, 3.05) is 13.6 Å². The van der Waals surface area contributed by atoms with E-state index in [1.165, 1.54) is 32.1 Å². The molecule has 0 aromatic carbocycles. The Kier molecular flexibility index (Phi) is 15.8. The summed E-state index contributed by atoms with van der Waals surface area (Å²) in [6.45, 7) is 12.1. The Morgan fingerprint density at radius 2 is 1.59 bits per heavy atom. The van der Waals surface area contributed by atoms with Crippen LogP contribution in [0.15, 0.2) is 0 Å². The number of nitrogens with zero attached hydrogens (tertiary/aromatic N) is 1. The van der Waals surface area contributed by atoms with Crippen molar-refractivity contribution in [3.63, 3.8) is 0 Å². The normalized spacial score (nSPS) is 13.3. The van der Waals surface area contributed by atoms with E-state index >= 15 is 0 Å². The minimum absolute atomic E-state index is 0.869. The van der Waals surface area contributed by atoms with E-state index in [2.05, 4.69) is 32.7 Å². The van der Waals surface area contributed by atoms with Crippen molar-refractivity contribution in [1.82, 2.24) is 4.90 Å². The fourth-order valence-corrected chi connectivity index (χ4v) is 2.30. The maximum absolute atomic E-state index is 4.91. The highest BCUT2D eigenvalue weighted by atomic mass is 32.1. The maximum Gasteiger partial charge on any atom is 0.0638 e. The zero-order chi connectivity index (χ0) is 13.7. The highest BCUT2D eigenvalue weighted by molar-refractivity contribution is 7.78. The first-order valence-corrected chi connectivity index (χ1v) is 7.78. The van der Waals surface area contributed by atoms with Crippen molar-refractivity contribution in [1.29, 1.82) is 0 Å². The molecule has 2 atom stereocenters. The van der Waals surface area contributed by atoms with Crippen LogP contribution in [-0.2, 0) is 0 Å². The van der Waals surface area contributed by atoms with Crippen LogP contribution in [0.2, 0.25) is 0 Å². The fourth-order valence-electron chi connectivity index (χ4n) is 2.20.